The molecule has 0 unspecified atom stereocenters. The van der Waals surface area contributed by atoms with Crippen LogP contribution in [0.15, 0.2) is 42.5 Å². The van der Waals surface area contributed by atoms with Crippen LogP contribution in [0.1, 0.15) is 38.8 Å². The lowest BCUT2D eigenvalue weighted by Gasteiger charge is -2.37. The first-order valence-electron chi connectivity index (χ1n) is 8.97. The zero-order valence-electron chi connectivity index (χ0n) is 15.7. The number of hydrogen-bond acceptors (Lipinski definition) is 4. The van der Waals surface area contributed by atoms with Crippen LogP contribution in [0, 0.1) is 11.3 Å². The highest BCUT2D eigenvalue weighted by Crippen LogP contribution is 2.29. The molecule has 1 aliphatic heterocycles. The molecule has 5 nitrogen and oxygen atoms in total. The van der Waals surface area contributed by atoms with Gasteiger partial charge in [-0.2, -0.15) is 18.4 Å². The number of hydrogen-bond donors (Lipinski definition) is 0. The van der Waals surface area contributed by atoms with Crippen LogP contribution in [0.3, 0.4) is 0 Å². The van der Waals surface area contributed by atoms with Crippen molar-refractivity contribution in [1.29, 1.82) is 5.26 Å². The maximum Gasteiger partial charge on any atom is 0.416 e. The monoisotopic (exact) mass is 401 g/mol. The van der Waals surface area contributed by atoms with Gasteiger partial charge in [-0.25, -0.2) is 0 Å². The van der Waals surface area contributed by atoms with Crippen LogP contribution < -0.4 is 4.90 Å². The second kappa shape index (κ2) is 7.95. The van der Waals surface area contributed by atoms with E-state index in [1.54, 1.807) is 23.1 Å². The zero-order chi connectivity index (χ0) is 21.2. The Hall–Kier alpha value is -3.34. The molecular formula is C21H18F3N3O2. The number of nitrogens with zero attached hydrogens (tertiary/aromatic N) is 3. The number of rotatable bonds is 3. The zero-order valence-corrected chi connectivity index (χ0v) is 15.7. The molecule has 29 heavy (non-hydrogen) atoms. The molecule has 8 heteroatoms. The number of ketones is 1. The lowest BCUT2D eigenvalue weighted by Crippen LogP contribution is -2.49. The summed E-state index contributed by atoms with van der Waals surface area (Å²) in [5.41, 5.74) is 0.994. The SMILES string of the molecule is CC(=O)c1ccc(C#N)cc1N1CCN(C(=O)c2ccc(C(F)(F)F)cc2)CC1. The number of piperazine rings is 1. The summed E-state index contributed by atoms with van der Waals surface area (Å²) >= 11 is 0. The van der Waals surface area contributed by atoms with E-state index in [2.05, 4.69) is 6.07 Å². The molecule has 3 rings (SSSR count). The van der Waals surface area contributed by atoms with Crippen molar-refractivity contribution in [3.63, 3.8) is 0 Å². The number of nitriles is 1. The van der Waals surface area contributed by atoms with E-state index in [0.29, 0.717) is 43.0 Å². The maximum absolute atomic E-state index is 12.7. The van der Waals surface area contributed by atoms with E-state index in [-0.39, 0.29) is 17.3 Å². The van der Waals surface area contributed by atoms with Crippen molar-refractivity contribution in [2.75, 3.05) is 31.1 Å². The van der Waals surface area contributed by atoms with E-state index < -0.39 is 11.7 Å². The van der Waals surface area contributed by atoms with E-state index >= 15 is 0 Å². The quantitative estimate of drug-likeness (QED) is 0.735. The predicted molar refractivity (Wildman–Crippen MR) is 101 cm³/mol. The number of anilines is 1. The molecular weight excluding hydrogens is 383 g/mol. The second-order valence-electron chi connectivity index (χ2n) is 6.75. The molecule has 1 fully saturated rings. The van der Waals surface area contributed by atoms with Gasteiger partial charge in [0.15, 0.2) is 5.78 Å². The maximum atomic E-state index is 12.7. The summed E-state index contributed by atoms with van der Waals surface area (Å²) in [6.07, 6.45) is -4.44. The summed E-state index contributed by atoms with van der Waals surface area (Å²) in [7, 11) is 0. The van der Waals surface area contributed by atoms with Crippen molar-refractivity contribution in [2.45, 2.75) is 13.1 Å². The molecule has 0 aliphatic carbocycles. The standard InChI is InChI=1S/C21H18F3N3O2/c1-14(28)18-7-2-15(13-25)12-19(18)26-8-10-27(11-9-26)20(29)16-3-5-17(6-4-16)21(22,23)24/h2-7,12H,8-11H2,1H3. The minimum atomic E-state index is -4.44. The lowest BCUT2D eigenvalue weighted by molar-refractivity contribution is -0.137. The topological polar surface area (TPSA) is 64.4 Å². The second-order valence-corrected chi connectivity index (χ2v) is 6.75. The number of amides is 1. The van der Waals surface area contributed by atoms with Gasteiger partial charge in [-0.3, -0.25) is 9.59 Å². The smallest absolute Gasteiger partial charge is 0.367 e. The van der Waals surface area contributed by atoms with Gasteiger partial charge in [-0.15, -0.1) is 0 Å². The van der Waals surface area contributed by atoms with Gasteiger partial charge in [-0.05, 0) is 49.4 Å². The Labute approximate surface area is 165 Å². The first kappa shape index (κ1) is 20.4. The van der Waals surface area contributed by atoms with Crippen molar-refractivity contribution >= 4 is 17.4 Å². The van der Waals surface area contributed by atoms with Crippen molar-refractivity contribution in [2.24, 2.45) is 0 Å². The van der Waals surface area contributed by atoms with E-state index in [0.717, 1.165) is 12.1 Å². The van der Waals surface area contributed by atoms with E-state index in [9.17, 15) is 22.8 Å². The molecule has 0 N–H and O–H groups in total. The normalized spacial score (nSPS) is 14.4. The first-order valence-corrected chi connectivity index (χ1v) is 8.97. The molecule has 1 amide bonds. The molecule has 0 bridgehead atoms. The van der Waals surface area contributed by atoms with Crippen LogP contribution in [0.4, 0.5) is 18.9 Å². The van der Waals surface area contributed by atoms with Crippen LogP contribution in [0.5, 0.6) is 0 Å². The minimum absolute atomic E-state index is 0.118. The van der Waals surface area contributed by atoms with Crippen molar-refractivity contribution in [3.05, 3.63) is 64.7 Å². The van der Waals surface area contributed by atoms with Crippen molar-refractivity contribution in [3.8, 4) is 6.07 Å². The summed E-state index contributed by atoms with van der Waals surface area (Å²) in [6, 6.07) is 11.1. The van der Waals surface area contributed by atoms with Crippen LogP contribution in [0.2, 0.25) is 0 Å². The predicted octanol–water partition coefficient (Wildman–Crippen LogP) is 3.74. The average molecular weight is 401 g/mol. The molecule has 0 radical (unpaired) electrons. The average Bonchev–Trinajstić information content (AvgIpc) is 2.72. The molecule has 0 aromatic heterocycles. The Balaban J connectivity index is 1.72. The van der Waals surface area contributed by atoms with E-state index in [1.807, 2.05) is 4.90 Å². The number of alkyl halides is 3. The molecule has 2 aromatic rings. The highest BCUT2D eigenvalue weighted by atomic mass is 19.4. The summed E-state index contributed by atoms with van der Waals surface area (Å²) < 4.78 is 38.0. The Bertz CT molecular complexity index is 970. The molecule has 2 aromatic carbocycles. The molecule has 1 heterocycles. The van der Waals surface area contributed by atoms with Crippen molar-refractivity contribution in [1.82, 2.24) is 4.90 Å². The van der Waals surface area contributed by atoms with Gasteiger partial charge in [0.1, 0.15) is 0 Å². The van der Waals surface area contributed by atoms with E-state index in [4.69, 9.17) is 5.26 Å². The Morgan fingerprint density at radius 2 is 1.62 bits per heavy atom. The Morgan fingerprint density at radius 1 is 1.00 bits per heavy atom. The number of carbonyl (C=O) groups excluding carboxylic acids is 2. The third kappa shape index (κ3) is 4.40. The van der Waals surface area contributed by atoms with Gasteiger partial charge in [0.05, 0.1) is 17.2 Å². The van der Waals surface area contributed by atoms with Crippen LogP contribution in [-0.4, -0.2) is 42.8 Å². The number of benzene rings is 2. The largest absolute Gasteiger partial charge is 0.416 e. The van der Waals surface area contributed by atoms with Gasteiger partial charge >= 0.3 is 6.18 Å². The third-order valence-electron chi connectivity index (χ3n) is 4.87. The number of carbonyl (C=O) groups is 2. The first-order chi connectivity index (χ1) is 13.7. The minimum Gasteiger partial charge on any atom is -0.367 e. The molecule has 1 saturated heterocycles. The molecule has 150 valence electrons. The molecule has 0 saturated carbocycles. The number of Topliss-reactive ketones (excluding diaryl/α,β-unsaturated/α-hetero) is 1. The Kier molecular flexibility index (Phi) is 5.59. The number of halogens is 3. The summed E-state index contributed by atoms with van der Waals surface area (Å²) in [5.74, 6) is -0.455. The highest BCUT2D eigenvalue weighted by molar-refractivity contribution is 6.00. The fourth-order valence-corrected chi connectivity index (χ4v) is 3.30. The molecule has 1 aliphatic rings. The fraction of sp³-hybridized carbons (Fsp3) is 0.286. The third-order valence-corrected chi connectivity index (χ3v) is 4.87. The van der Waals surface area contributed by atoms with Gasteiger partial charge in [0.2, 0.25) is 0 Å². The molecule has 0 atom stereocenters. The van der Waals surface area contributed by atoms with E-state index in [1.165, 1.54) is 19.1 Å². The fourth-order valence-electron chi connectivity index (χ4n) is 3.30. The summed E-state index contributed by atoms with van der Waals surface area (Å²) in [6.45, 7) is 3.06. The van der Waals surface area contributed by atoms with Crippen LogP contribution in [-0.2, 0) is 6.18 Å². The molecule has 0 spiro atoms. The van der Waals surface area contributed by atoms with Crippen LogP contribution in [0.25, 0.3) is 0 Å². The van der Waals surface area contributed by atoms with Gasteiger partial charge in [0, 0.05) is 43.0 Å². The Morgan fingerprint density at radius 3 is 2.14 bits per heavy atom. The summed E-state index contributed by atoms with van der Waals surface area (Å²) in [5, 5.41) is 9.12. The van der Waals surface area contributed by atoms with Crippen LogP contribution >= 0.6 is 0 Å². The van der Waals surface area contributed by atoms with Gasteiger partial charge in [-0.1, -0.05) is 0 Å². The van der Waals surface area contributed by atoms with Gasteiger partial charge < -0.3 is 9.80 Å². The lowest BCUT2D eigenvalue weighted by atomic mass is 10.0. The van der Waals surface area contributed by atoms with Gasteiger partial charge in [0.25, 0.3) is 5.91 Å². The van der Waals surface area contributed by atoms with Crippen molar-refractivity contribution < 1.29 is 22.8 Å². The highest BCUT2D eigenvalue weighted by Gasteiger charge is 2.31. The summed E-state index contributed by atoms with van der Waals surface area (Å²) in [4.78, 5) is 28.0.